The van der Waals surface area contributed by atoms with Gasteiger partial charge in [0, 0.05) is 16.6 Å². The molecule has 0 aliphatic heterocycles. The number of aliphatic hydroxyl groups is 1. The molecule has 0 radical (unpaired) electrons. The molecule has 0 amide bonds. The molecule has 0 spiro atoms. The van der Waals surface area contributed by atoms with Crippen LogP contribution in [0.4, 0.5) is 0 Å². The summed E-state index contributed by atoms with van der Waals surface area (Å²) in [6.45, 7) is 5.53. The van der Waals surface area contributed by atoms with Gasteiger partial charge in [-0.1, -0.05) is 11.6 Å². The zero-order chi connectivity index (χ0) is 12.5. The van der Waals surface area contributed by atoms with Crippen LogP contribution < -0.4 is 10.5 Å². The van der Waals surface area contributed by atoms with Crippen molar-refractivity contribution in [1.29, 1.82) is 0 Å². The number of rotatable bonds is 3. The first-order chi connectivity index (χ1) is 7.40. The highest BCUT2D eigenvalue weighted by atomic mass is 35.5. The number of halogens is 1. The minimum absolute atomic E-state index is 0.345. The number of hydrogen-bond donors (Lipinski definition) is 2. The number of benzene rings is 1. The molecule has 1 aromatic rings. The van der Waals surface area contributed by atoms with Gasteiger partial charge in [-0.2, -0.15) is 0 Å². The largest absolute Gasteiger partial charge is 0.496 e. The van der Waals surface area contributed by atoms with E-state index in [2.05, 4.69) is 0 Å². The Labute approximate surface area is 101 Å². The normalized spacial score (nSPS) is 14.7. The van der Waals surface area contributed by atoms with Crippen molar-refractivity contribution in [3.8, 4) is 5.75 Å². The van der Waals surface area contributed by atoms with E-state index in [0.29, 0.717) is 10.8 Å². The van der Waals surface area contributed by atoms with Crippen LogP contribution in [0.3, 0.4) is 0 Å². The van der Waals surface area contributed by atoms with E-state index in [1.54, 1.807) is 20.1 Å². The molecule has 0 heterocycles. The second kappa shape index (κ2) is 5.04. The van der Waals surface area contributed by atoms with E-state index in [9.17, 15) is 5.11 Å². The van der Waals surface area contributed by atoms with Crippen LogP contribution in [0.2, 0.25) is 5.02 Å². The standard InChI is InChI=1S/C12H18ClNO2/c1-6-9(11(15)8(3)14)5-10(13)7(2)12(6)16-4/h5,8,11,15H,14H2,1-4H3. The van der Waals surface area contributed by atoms with Gasteiger partial charge in [0.05, 0.1) is 13.2 Å². The van der Waals surface area contributed by atoms with Gasteiger partial charge >= 0.3 is 0 Å². The van der Waals surface area contributed by atoms with Crippen LogP contribution in [0.25, 0.3) is 0 Å². The van der Waals surface area contributed by atoms with Gasteiger partial charge in [0.2, 0.25) is 0 Å². The summed E-state index contributed by atoms with van der Waals surface area (Å²) >= 11 is 6.09. The SMILES string of the molecule is COc1c(C)c(Cl)cc(C(O)C(C)N)c1C. The lowest BCUT2D eigenvalue weighted by Gasteiger charge is -2.21. The molecular weight excluding hydrogens is 226 g/mol. The Morgan fingerprint density at radius 3 is 2.38 bits per heavy atom. The molecule has 0 fully saturated rings. The van der Waals surface area contributed by atoms with Crippen LogP contribution in [-0.2, 0) is 0 Å². The van der Waals surface area contributed by atoms with Crippen molar-refractivity contribution in [3.05, 3.63) is 27.8 Å². The predicted molar refractivity (Wildman–Crippen MR) is 66.1 cm³/mol. The van der Waals surface area contributed by atoms with Crippen LogP contribution in [0.5, 0.6) is 5.75 Å². The van der Waals surface area contributed by atoms with E-state index < -0.39 is 6.10 Å². The van der Waals surface area contributed by atoms with Crippen molar-refractivity contribution in [2.75, 3.05) is 7.11 Å². The van der Waals surface area contributed by atoms with Crippen molar-refractivity contribution >= 4 is 11.6 Å². The molecule has 1 rings (SSSR count). The Morgan fingerprint density at radius 1 is 1.38 bits per heavy atom. The average Bonchev–Trinajstić information content (AvgIpc) is 2.23. The maximum absolute atomic E-state index is 9.97. The number of methoxy groups -OCH3 is 1. The lowest BCUT2D eigenvalue weighted by atomic mass is 9.96. The summed E-state index contributed by atoms with van der Waals surface area (Å²) in [7, 11) is 1.59. The Bertz CT molecular complexity index is 391. The summed E-state index contributed by atoms with van der Waals surface area (Å²) in [5, 5.41) is 10.6. The zero-order valence-electron chi connectivity index (χ0n) is 10.0. The number of ether oxygens (including phenoxy) is 1. The lowest BCUT2D eigenvalue weighted by molar-refractivity contribution is 0.152. The maximum atomic E-state index is 9.97. The third-order valence-corrected chi connectivity index (χ3v) is 3.17. The number of aliphatic hydroxyl groups excluding tert-OH is 1. The van der Waals surface area contributed by atoms with Gasteiger partial charge in [0.1, 0.15) is 5.75 Å². The highest BCUT2D eigenvalue weighted by Crippen LogP contribution is 2.35. The van der Waals surface area contributed by atoms with Crippen molar-refractivity contribution in [2.45, 2.75) is 32.9 Å². The molecule has 0 saturated heterocycles. The average molecular weight is 244 g/mol. The molecule has 2 atom stereocenters. The van der Waals surface area contributed by atoms with E-state index in [4.69, 9.17) is 22.1 Å². The van der Waals surface area contributed by atoms with Crippen molar-refractivity contribution in [3.63, 3.8) is 0 Å². The van der Waals surface area contributed by atoms with Crippen LogP contribution in [0, 0.1) is 13.8 Å². The van der Waals surface area contributed by atoms with Crippen molar-refractivity contribution < 1.29 is 9.84 Å². The first-order valence-corrected chi connectivity index (χ1v) is 5.55. The van der Waals surface area contributed by atoms with E-state index in [-0.39, 0.29) is 6.04 Å². The van der Waals surface area contributed by atoms with E-state index in [1.807, 2.05) is 13.8 Å². The third kappa shape index (κ3) is 2.32. The third-order valence-electron chi connectivity index (χ3n) is 2.78. The molecule has 0 bridgehead atoms. The van der Waals surface area contributed by atoms with E-state index in [1.165, 1.54) is 0 Å². The minimum Gasteiger partial charge on any atom is -0.496 e. The number of hydrogen-bond acceptors (Lipinski definition) is 3. The van der Waals surface area contributed by atoms with Crippen molar-refractivity contribution in [2.24, 2.45) is 5.73 Å². The monoisotopic (exact) mass is 243 g/mol. The first-order valence-electron chi connectivity index (χ1n) is 5.17. The Balaban J connectivity index is 3.36. The number of nitrogens with two attached hydrogens (primary N) is 1. The molecule has 0 saturated carbocycles. The van der Waals surface area contributed by atoms with Gasteiger partial charge in [0.25, 0.3) is 0 Å². The second-order valence-electron chi connectivity index (χ2n) is 4.03. The minimum atomic E-state index is -0.730. The smallest absolute Gasteiger partial charge is 0.126 e. The van der Waals surface area contributed by atoms with Crippen LogP contribution in [-0.4, -0.2) is 18.3 Å². The molecule has 90 valence electrons. The Kier molecular flexibility index (Phi) is 4.19. The van der Waals surface area contributed by atoms with E-state index >= 15 is 0 Å². The van der Waals surface area contributed by atoms with Gasteiger partial charge in [-0.15, -0.1) is 0 Å². The second-order valence-corrected chi connectivity index (χ2v) is 4.44. The van der Waals surface area contributed by atoms with Gasteiger partial charge in [-0.25, -0.2) is 0 Å². The topological polar surface area (TPSA) is 55.5 Å². The highest BCUT2D eigenvalue weighted by Gasteiger charge is 2.20. The van der Waals surface area contributed by atoms with E-state index in [0.717, 1.165) is 16.7 Å². The molecule has 0 aromatic heterocycles. The highest BCUT2D eigenvalue weighted by molar-refractivity contribution is 6.31. The van der Waals surface area contributed by atoms with Crippen molar-refractivity contribution in [1.82, 2.24) is 0 Å². The van der Waals surface area contributed by atoms with Gasteiger partial charge in [-0.3, -0.25) is 0 Å². The molecule has 0 aliphatic rings. The summed E-state index contributed by atoms with van der Waals surface area (Å²) in [4.78, 5) is 0. The maximum Gasteiger partial charge on any atom is 0.126 e. The molecule has 4 heteroatoms. The zero-order valence-corrected chi connectivity index (χ0v) is 10.8. The summed E-state index contributed by atoms with van der Waals surface area (Å²) < 4.78 is 5.29. The first kappa shape index (κ1) is 13.3. The fraction of sp³-hybridized carbons (Fsp3) is 0.500. The van der Waals surface area contributed by atoms with Gasteiger partial charge in [0.15, 0.2) is 0 Å². The van der Waals surface area contributed by atoms with Gasteiger partial charge < -0.3 is 15.6 Å². The molecule has 16 heavy (non-hydrogen) atoms. The van der Waals surface area contributed by atoms with Crippen LogP contribution in [0.1, 0.15) is 29.7 Å². The summed E-state index contributed by atoms with van der Waals surface area (Å²) in [5.74, 6) is 0.710. The van der Waals surface area contributed by atoms with Crippen LogP contribution in [0.15, 0.2) is 6.07 Å². The Morgan fingerprint density at radius 2 is 1.94 bits per heavy atom. The summed E-state index contributed by atoms with van der Waals surface area (Å²) in [6, 6.07) is 1.41. The molecular formula is C12H18ClNO2. The quantitative estimate of drug-likeness (QED) is 0.857. The molecule has 3 nitrogen and oxygen atoms in total. The molecule has 3 N–H and O–H groups in total. The van der Waals surface area contributed by atoms with Crippen LogP contribution >= 0.6 is 11.6 Å². The molecule has 0 aliphatic carbocycles. The fourth-order valence-electron chi connectivity index (χ4n) is 1.77. The lowest BCUT2D eigenvalue weighted by Crippen LogP contribution is -2.25. The fourth-order valence-corrected chi connectivity index (χ4v) is 1.97. The van der Waals surface area contributed by atoms with Gasteiger partial charge in [-0.05, 0) is 38.0 Å². The summed E-state index contributed by atoms with van der Waals surface area (Å²) in [6.07, 6.45) is -0.730. The molecule has 1 aromatic carbocycles. The summed E-state index contributed by atoms with van der Waals surface area (Å²) in [5.41, 5.74) is 8.17. The predicted octanol–water partition coefficient (Wildman–Crippen LogP) is 2.35. The molecule has 2 unspecified atom stereocenters. The Hall–Kier alpha value is -0.770.